The molecule has 0 aromatic heterocycles. The predicted octanol–water partition coefficient (Wildman–Crippen LogP) is 2.29. The van der Waals surface area contributed by atoms with Crippen LogP contribution in [-0.2, 0) is 14.3 Å². The Bertz CT molecular complexity index is 151. The molecule has 1 fully saturated rings. The maximum Gasteiger partial charge on any atom is 0.132 e. The first-order valence-corrected chi connectivity index (χ1v) is 5.70. The largest absolute Gasteiger partial charge is 0.377 e. The van der Waals surface area contributed by atoms with Crippen LogP contribution in [-0.4, -0.2) is 32.2 Å². The lowest BCUT2D eigenvalue weighted by molar-refractivity contribution is -0.120. The van der Waals surface area contributed by atoms with Crippen molar-refractivity contribution < 1.29 is 14.3 Å². The van der Waals surface area contributed by atoms with Gasteiger partial charge in [0.1, 0.15) is 5.78 Å². The third kappa shape index (κ3) is 9.88. The molecule has 0 spiro atoms. The van der Waals surface area contributed by atoms with Gasteiger partial charge in [-0.05, 0) is 19.3 Å². The number of carbonyl (C=O) groups excluding carboxylic acids is 1. The van der Waals surface area contributed by atoms with Gasteiger partial charge in [-0.3, -0.25) is 4.79 Å². The number of hydrogen-bond acceptors (Lipinski definition) is 3. The lowest BCUT2D eigenvalue weighted by atomic mass is 9.96. The van der Waals surface area contributed by atoms with E-state index in [1.54, 1.807) is 6.92 Å². The summed E-state index contributed by atoms with van der Waals surface area (Å²) in [6.07, 6.45) is 1.02. The molecule has 90 valence electrons. The lowest BCUT2D eigenvalue weighted by Crippen LogP contribution is -2.16. The van der Waals surface area contributed by atoms with Gasteiger partial charge in [-0.1, -0.05) is 20.8 Å². The first-order chi connectivity index (χ1) is 7.04. The Morgan fingerprint density at radius 1 is 1.07 bits per heavy atom. The van der Waals surface area contributed by atoms with Crippen molar-refractivity contribution in [1.82, 2.24) is 0 Å². The van der Waals surface area contributed by atoms with E-state index in [4.69, 9.17) is 9.47 Å². The van der Waals surface area contributed by atoms with E-state index in [1.165, 1.54) is 0 Å². The van der Waals surface area contributed by atoms with Crippen molar-refractivity contribution in [3.8, 4) is 0 Å². The van der Waals surface area contributed by atoms with E-state index >= 15 is 0 Å². The molecule has 0 aromatic carbocycles. The molecule has 0 aromatic rings. The van der Waals surface area contributed by atoms with Crippen LogP contribution in [0.2, 0.25) is 0 Å². The Hall–Kier alpha value is -0.410. The summed E-state index contributed by atoms with van der Waals surface area (Å²) in [5, 5.41) is 0. The highest BCUT2D eigenvalue weighted by Crippen LogP contribution is 2.10. The molecule has 1 aliphatic rings. The van der Waals surface area contributed by atoms with Gasteiger partial charge < -0.3 is 9.47 Å². The van der Waals surface area contributed by atoms with Gasteiger partial charge in [0.05, 0.1) is 26.4 Å². The zero-order chi connectivity index (χ0) is 11.7. The predicted molar refractivity (Wildman–Crippen MR) is 60.9 cm³/mol. The summed E-state index contributed by atoms with van der Waals surface area (Å²) in [5.41, 5.74) is 0. The second kappa shape index (κ2) is 8.86. The molecule has 1 aliphatic heterocycles. The van der Waals surface area contributed by atoms with E-state index in [9.17, 15) is 4.79 Å². The van der Waals surface area contributed by atoms with E-state index in [1.807, 2.05) is 6.92 Å². The van der Waals surface area contributed by atoms with Gasteiger partial charge in [0.25, 0.3) is 0 Å². The van der Waals surface area contributed by atoms with Crippen molar-refractivity contribution >= 4 is 5.78 Å². The molecule has 0 saturated carbocycles. The maximum absolute atomic E-state index is 10.7. The van der Waals surface area contributed by atoms with Crippen LogP contribution < -0.4 is 0 Å². The van der Waals surface area contributed by atoms with Crippen LogP contribution in [0.25, 0.3) is 0 Å². The van der Waals surface area contributed by atoms with Crippen molar-refractivity contribution in [1.29, 1.82) is 0 Å². The first kappa shape index (κ1) is 14.6. The summed E-state index contributed by atoms with van der Waals surface area (Å²) in [5.74, 6) is 1.21. The van der Waals surface area contributed by atoms with E-state index in [2.05, 4.69) is 13.8 Å². The van der Waals surface area contributed by atoms with Crippen LogP contribution in [0.5, 0.6) is 0 Å². The quantitative estimate of drug-likeness (QED) is 0.726. The molecule has 3 nitrogen and oxygen atoms in total. The Morgan fingerprint density at radius 2 is 1.47 bits per heavy atom. The maximum atomic E-state index is 10.7. The van der Waals surface area contributed by atoms with Crippen LogP contribution in [0.1, 0.15) is 34.1 Å². The monoisotopic (exact) mass is 216 g/mol. The van der Waals surface area contributed by atoms with Crippen LogP contribution >= 0.6 is 0 Å². The zero-order valence-electron chi connectivity index (χ0n) is 10.4. The summed E-state index contributed by atoms with van der Waals surface area (Å²) >= 11 is 0. The van der Waals surface area contributed by atoms with Crippen LogP contribution in [0.15, 0.2) is 0 Å². The topological polar surface area (TPSA) is 35.5 Å². The summed E-state index contributed by atoms with van der Waals surface area (Å²) in [6, 6.07) is 0. The summed E-state index contributed by atoms with van der Waals surface area (Å²) < 4.78 is 9.89. The van der Waals surface area contributed by atoms with Crippen molar-refractivity contribution in [3.05, 3.63) is 0 Å². The molecule has 0 radical (unpaired) electrons. The minimum atomic E-state index is 0.255. The molecular formula is C12H24O3. The molecule has 1 rings (SSSR count). The molecule has 3 heteroatoms. The average molecular weight is 216 g/mol. The number of ketones is 1. The first-order valence-electron chi connectivity index (χ1n) is 5.70. The molecule has 1 heterocycles. The third-order valence-corrected chi connectivity index (χ3v) is 2.26. The highest BCUT2D eigenvalue weighted by Gasteiger charge is 2.08. The van der Waals surface area contributed by atoms with Crippen LogP contribution in [0.3, 0.4) is 0 Å². The highest BCUT2D eigenvalue weighted by atomic mass is 16.6. The van der Waals surface area contributed by atoms with Gasteiger partial charge >= 0.3 is 0 Å². The van der Waals surface area contributed by atoms with Gasteiger partial charge in [-0.15, -0.1) is 0 Å². The fourth-order valence-electron chi connectivity index (χ4n) is 1.31. The Morgan fingerprint density at radius 3 is 1.60 bits per heavy atom. The fraction of sp³-hybridized carbons (Fsp3) is 0.917. The van der Waals surface area contributed by atoms with Gasteiger partial charge in [0.15, 0.2) is 0 Å². The molecule has 15 heavy (non-hydrogen) atoms. The van der Waals surface area contributed by atoms with Crippen molar-refractivity contribution in [2.75, 3.05) is 26.4 Å². The SMILES string of the molecule is C1COCCO1.CC(=O)C(C)CC(C)C. The van der Waals surface area contributed by atoms with E-state index < -0.39 is 0 Å². The molecular weight excluding hydrogens is 192 g/mol. The number of ether oxygens (including phenoxy) is 2. The van der Waals surface area contributed by atoms with E-state index in [0.29, 0.717) is 11.7 Å². The minimum Gasteiger partial charge on any atom is -0.377 e. The Kier molecular flexibility index (Phi) is 8.62. The van der Waals surface area contributed by atoms with Gasteiger partial charge in [0.2, 0.25) is 0 Å². The lowest BCUT2D eigenvalue weighted by Gasteiger charge is -2.09. The standard InChI is InChI=1S/C8H16O.C4H8O2/c1-6(2)5-7(3)8(4)9;1-2-6-4-3-5-1/h6-7H,5H2,1-4H3;1-4H2. The summed E-state index contributed by atoms with van der Waals surface area (Å²) in [4.78, 5) is 10.7. The van der Waals surface area contributed by atoms with Gasteiger partial charge in [-0.25, -0.2) is 0 Å². The smallest absolute Gasteiger partial charge is 0.132 e. The molecule has 1 unspecified atom stereocenters. The molecule has 1 saturated heterocycles. The van der Waals surface area contributed by atoms with Crippen molar-refractivity contribution in [3.63, 3.8) is 0 Å². The highest BCUT2D eigenvalue weighted by molar-refractivity contribution is 5.77. The second-order valence-corrected chi connectivity index (χ2v) is 4.37. The molecule has 0 amide bonds. The van der Waals surface area contributed by atoms with Crippen molar-refractivity contribution in [2.24, 2.45) is 11.8 Å². The normalized spacial score (nSPS) is 17.9. The molecule has 0 N–H and O–H groups in total. The zero-order valence-corrected chi connectivity index (χ0v) is 10.4. The Labute approximate surface area is 93.1 Å². The van der Waals surface area contributed by atoms with Gasteiger partial charge in [0, 0.05) is 5.92 Å². The number of hydrogen-bond donors (Lipinski definition) is 0. The van der Waals surface area contributed by atoms with E-state index in [-0.39, 0.29) is 5.92 Å². The van der Waals surface area contributed by atoms with E-state index in [0.717, 1.165) is 32.8 Å². The van der Waals surface area contributed by atoms with Crippen molar-refractivity contribution in [2.45, 2.75) is 34.1 Å². The fourth-order valence-corrected chi connectivity index (χ4v) is 1.31. The second-order valence-electron chi connectivity index (χ2n) is 4.37. The minimum absolute atomic E-state index is 0.255. The molecule has 1 atom stereocenters. The summed E-state index contributed by atoms with van der Waals surface area (Å²) in [6.45, 7) is 11.0. The number of Topliss-reactive ketones (excluding diaryl/α,β-unsaturated/α-hetero) is 1. The number of rotatable bonds is 3. The molecule has 0 aliphatic carbocycles. The van der Waals surface area contributed by atoms with Gasteiger partial charge in [-0.2, -0.15) is 0 Å². The average Bonchev–Trinajstić information content (AvgIpc) is 2.20. The van der Waals surface area contributed by atoms with Crippen LogP contribution in [0, 0.1) is 11.8 Å². The third-order valence-electron chi connectivity index (χ3n) is 2.26. The summed E-state index contributed by atoms with van der Waals surface area (Å²) in [7, 11) is 0. The number of carbonyl (C=O) groups is 1. The Balaban J connectivity index is 0.000000280. The molecule has 0 bridgehead atoms. The van der Waals surface area contributed by atoms with Crippen LogP contribution in [0.4, 0.5) is 0 Å².